The van der Waals surface area contributed by atoms with Crippen LogP contribution >= 0.6 is 0 Å². The van der Waals surface area contributed by atoms with Crippen molar-refractivity contribution in [2.75, 3.05) is 0 Å². The molecule has 0 bridgehead atoms. The van der Waals surface area contributed by atoms with E-state index in [0.717, 1.165) is 11.1 Å². The van der Waals surface area contributed by atoms with E-state index < -0.39 is 0 Å². The lowest BCUT2D eigenvalue weighted by Crippen LogP contribution is -1.73. The third-order valence-electron chi connectivity index (χ3n) is 1.90. The van der Waals surface area contributed by atoms with Gasteiger partial charge >= 0.3 is 0 Å². The minimum atomic E-state index is 0. The molecule has 0 aromatic heterocycles. The molecule has 0 saturated carbocycles. The molecule has 0 aliphatic carbocycles. The average molecular weight is 191 g/mol. The van der Waals surface area contributed by atoms with Gasteiger partial charge in [-0.25, -0.2) is 0 Å². The first-order valence-corrected chi connectivity index (χ1v) is 4.57. The van der Waals surface area contributed by atoms with Crippen LogP contribution in [0.15, 0.2) is 60.7 Å². The lowest BCUT2D eigenvalue weighted by molar-refractivity contribution is 1.62. The molecule has 0 nitrogen and oxygen atoms in total. The van der Waals surface area contributed by atoms with E-state index in [-0.39, 0.29) is 7.43 Å². The average Bonchev–Trinajstić information content (AvgIpc) is 2.29. The highest BCUT2D eigenvalue weighted by Gasteiger charge is 1.83. The molecular weight excluding hydrogens is 180 g/mol. The van der Waals surface area contributed by atoms with Crippen LogP contribution < -0.4 is 0 Å². The summed E-state index contributed by atoms with van der Waals surface area (Å²) in [5.74, 6) is 6.22. The van der Waals surface area contributed by atoms with Crippen LogP contribution in [0.4, 0.5) is 0 Å². The molecule has 2 aromatic rings. The topological polar surface area (TPSA) is 0 Å². The Balaban J connectivity index is 0.00000112. The highest BCUT2D eigenvalue weighted by atomic mass is 13.9. The zero-order chi connectivity index (χ0) is 9.64. The standard InChI is InChI=1S/C14H10.CH/c1-3-7-13(8-4-1)11-12-14-9-5-2-6-10-14;/h1-10H;1H. The van der Waals surface area contributed by atoms with Crippen LogP contribution in [0.1, 0.15) is 11.1 Å². The van der Waals surface area contributed by atoms with Crippen LogP contribution in [0.25, 0.3) is 0 Å². The molecule has 15 heavy (non-hydrogen) atoms. The first kappa shape index (κ1) is 11.1. The molecule has 0 amide bonds. The minimum absolute atomic E-state index is 0. The van der Waals surface area contributed by atoms with Gasteiger partial charge in [0.2, 0.25) is 0 Å². The Hall–Kier alpha value is -2.00. The minimum Gasteiger partial charge on any atom is -0.0622 e. The van der Waals surface area contributed by atoms with E-state index in [9.17, 15) is 0 Å². The van der Waals surface area contributed by atoms with E-state index in [4.69, 9.17) is 0 Å². The van der Waals surface area contributed by atoms with Gasteiger partial charge in [0.1, 0.15) is 0 Å². The molecule has 0 saturated heterocycles. The van der Waals surface area contributed by atoms with Gasteiger partial charge in [0.15, 0.2) is 0 Å². The van der Waals surface area contributed by atoms with Gasteiger partial charge in [-0.2, -0.15) is 0 Å². The fourth-order valence-electron chi connectivity index (χ4n) is 1.19. The second kappa shape index (κ2) is 5.67. The summed E-state index contributed by atoms with van der Waals surface area (Å²) in [4.78, 5) is 0. The van der Waals surface area contributed by atoms with E-state index in [1.165, 1.54) is 0 Å². The van der Waals surface area contributed by atoms with Crippen molar-refractivity contribution < 1.29 is 0 Å². The third-order valence-corrected chi connectivity index (χ3v) is 1.90. The summed E-state index contributed by atoms with van der Waals surface area (Å²) >= 11 is 0. The Morgan fingerprint density at radius 1 is 0.533 bits per heavy atom. The molecule has 0 spiro atoms. The molecule has 2 rings (SSSR count). The second-order valence-corrected chi connectivity index (χ2v) is 2.98. The largest absolute Gasteiger partial charge is 0.0622 e. The number of hydrogen-bond donors (Lipinski definition) is 0. The molecule has 0 aliphatic rings. The van der Waals surface area contributed by atoms with Gasteiger partial charge < -0.3 is 0 Å². The molecule has 0 atom stereocenters. The van der Waals surface area contributed by atoms with Crippen LogP contribution in [0.2, 0.25) is 0 Å². The van der Waals surface area contributed by atoms with Crippen molar-refractivity contribution in [2.24, 2.45) is 0 Å². The maximum atomic E-state index is 3.11. The van der Waals surface area contributed by atoms with E-state index in [1.54, 1.807) is 0 Å². The van der Waals surface area contributed by atoms with Gasteiger partial charge in [0, 0.05) is 11.1 Å². The molecule has 0 N–H and O–H groups in total. The molecule has 2 aromatic carbocycles. The van der Waals surface area contributed by atoms with Gasteiger partial charge in [-0.05, 0) is 31.7 Å². The Morgan fingerprint density at radius 3 is 1.20 bits per heavy atom. The van der Waals surface area contributed by atoms with Crippen molar-refractivity contribution in [2.45, 2.75) is 0 Å². The first-order valence-electron chi connectivity index (χ1n) is 4.57. The smallest absolute Gasteiger partial charge is 0.0249 e. The summed E-state index contributed by atoms with van der Waals surface area (Å²) in [7, 11) is 0. The number of rotatable bonds is 0. The predicted octanol–water partition coefficient (Wildman–Crippen LogP) is 3.29. The maximum Gasteiger partial charge on any atom is 0.0249 e. The number of hydrogen-bond acceptors (Lipinski definition) is 0. The molecule has 3 radical (unpaired) electrons. The molecule has 0 heteroatoms. The number of benzene rings is 2. The first-order chi connectivity index (χ1) is 6.95. The van der Waals surface area contributed by atoms with Crippen LogP contribution in [0.3, 0.4) is 0 Å². The van der Waals surface area contributed by atoms with Crippen molar-refractivity contribution in [1.82, 2.24) is 0 Å². The summed E-state index contributed by atoms with van der Waals surface area (Å²) in [5, 5.41) is 0. The molecule has 0 unspecified atom stereocenters. The Morgan fingerprint density at radius 2 is 0.867 bits per heavy atom. The molecule has 0 fully saturated rings. The second-order valence-electron chi connectivity index (χ2n) is 2.98. The SMILES string of the molecule is C(#Cc1ccccc1)c1ccccc1.[CH]. The van der Waals surface area contributed by atoms with E-state index in [0.29, 0.717) is 0 Å². The van der Waals surface area contributed by atoms with E-state index in [2.05, 4.69) is 11.8 Å². The molecule has 0 aliphatic heterocycles. The maximum absolute atomic E-state index is 3.11. The molecule has 0 heterocycles. The fourth-order valence-corrected chi connectivity index (χ4v) is 1.19. The van der Waals surface area contributed by atoms with E-state index >= 15 is 0 Å². The normalized spacial score (nSPS) is 8.27. The summed E-state index contributed by atoms with van der Waals surface area (Å²) in [5.41, 5.74) is 2.10. The predicted molar refractivity (Wildman–Crippen MR) is 63.2 cm³/mol. The van der Waals surface area contributed by atoms with E-state index in [1.807, 2.05) is 60.7 Å². The van der Waals surface area contributed by atoms with Crippen molar-refractivity contribution in [3.63, 3.8) is 0 Å². The lowest BCUT2D eigenvalue weighted by atomic mass is 10.2. The summed E-state index contributed by atoms with van der Waals surface area (Å²) in [6.07, 6.45) is 0. The Bertz CT molecular complexity index is 400. The van der Waals surface area contributed by atoms with Crippen LogP contribution in [0.5, 0.6) is 0 Å². The van der Waals surface area contributed by atoms with Crippen LogP contribution in [-0.4, -0.2) is 0 Å². The van der Waals surface area contributed by atoms with Crippen molar-refractivity contribution in [1.29, 1.82) is 0 Å². The van der Waals surface area contributed by atoms with Crippen molar-refractivity contribution in [3.05, 3.63) is 79.2 Å². The highest BCUT2D eigenvalue weighted by Crippen LogP contribution is 1.98. The highest BCUT2D eigenvalue weighted by molar-refractivity contribution is 5.42. The zero-order valence-electron chi connectivity index (χ0n) is 8.35. The van der Waals surface area contributed by atoms with Crippen LogP contribution in [-0.2, 0) is 0 Å². The monoisotopic (exact) mass is 191 g/mol. The van der Waals surface area contributed by atoms with Crippen LogP contribution in [0, 0.1) is 19.3 Å². The van der Waals surface area contributed by atoms with Gasteiger partial charge in [0.25, 0.3) is 0 Å². The Kier molecular flexibility index (Phi) is 4.19. The van der Waals surface area contributed by atoms with Gasteiger partial charge in [-0.15, -0.1) is 0 Å². The summed E-state index contributed by atoms with van der Waals surface area (Å²) in [6, 6.07) is 20.0. The fraction of sp³-hybridized carbons (Fsp3) is 0. The third kappa shape index (κ3) is 3.32. The molecule has 71 valence electrons. The van der Waals surface area contributed by atoms with Gasteiger partial charge in [0.05, 0.1) is 0 Å². The summed E-state index contributed by atoms with van der Waals surface area (Å²) < 4.78 is 0. The van der Waals surface area contributed by atoms with Gasteiger partial charge in [-0.3, -0.25) is 0 Å². The summed E-state index contributed by atoms with van der Waals surface area (Å²) in [6.45, 7) is 0. The van der Waals surface area contributed by atoms with Gasteiger partial charge in [-0.1, -0.05) is 48.2 Å². The zero-order valence-corrected chi connectivity index (χ0v) is 8.35. The Labute approximate surface area is 91.6 Å². The van der Waals surface area contributed by atoms with Crippen molar-refractivity contribution >= 4 is 0 Å². The lowest BCUT2D eigenvalue weighted by Gasteiger charge is -1.88. The molecular formula is C15H11. The van der Waals surface area contributed by atoms with Crippen molar-refractivity contribution in [3.8, 4) is 11.8 Å². The quantitative estimate of drug-likeness (QED) is 0.560.